The van der Waals surface area contributed by atoms with E-state index in [2.05, 4.69) is 0 Å². The van der Waals surface area contributed by atoms with Gasteiger partial charge in [0.25, 0.3) is 5.56 Å². The van der Waals surface area contributed by atoms with E-state index >= 15 is 0 Å². The number of nitrogens with zero attached hydrogens (tertiary/aromatic N) is 2. The van der Waals surface area contributed by atoms with Crippen LogP contribution in [0.1, 0.15) is 71.3 Å². The number of aromatic hydroxyl groups is 1. The lowest BCUT2D eigenvalue weighted by molar-refractivity contribution is 0.0811. The lowest BCUT2D eigenvalue weighted by Crippen LogP contribution is -2.32. The zero-order chi connectivity index (χ0) is 21.3. The highest BCUT2D eigenvalue weighted by Gasteiger charge is 2.31. The van der Waals surface area contributed by atoms with E-state index < -0.39 is 17.4 Å². The predicted molar refractivity (Wildman–Crippen MR) is 110 cm³/mol. The molecule has 1 atom stereocenters. The topological polar surface area (TPSA) is 92.3 Å². The lowest BCUT2D eigenvalue weighted by Gasteiger charge is -2.22. The Labute approximate surface area is 170 Å². The molecule has 6 heteroatoms. The summed E-state index contributed by atoms with van der Waals surface area (Å²) in [6.07, 6.45) is 2.48. The summed E-state index contributed by atoms with van der Waals surface area (Å²) in [5, 5.41) is 20.4. The second-order valence-corrected chi connectivity index (χ2v) is 7.75. The number of aryl methyl sites for hydroxylation is 1. The van der Waals surface area contributed by atoms with Crippen LogP contribution in [-0.4, -0.2) is 21.6 Å². The molecule has 3 rings (SSSR count). The average Bonchev–Trinajstić information content (AvgIpc) is 3.20. The molecule has 0 bridgehead atoms. The van der Waals surface area contributed by atoms with Gasteiger partial charge in [0.05, 0.1) is 5.56 Å². The number of rotatable bonds is 5. The molecule has 1 saturated carbocycles. The van der Waals surface area contributed by atoms with Gasteiger partial charge in [-0.25, -0.2) is 0 Å². The summed E-state index contributed by atoms with van der Waals surface area (Å²) < 4.78 is 7.12. The molecule has 1 fully saturated rings. The molecule has 1 aliphatic carbocycles. The highest BCUT2D eigenvalue weighted by molar-refractivity contribution is 6.03. The van der Waals surface area contributed by atoms with Gasteiger partial charge in [-0.05, 0) is 63.3 Å². The maximum atomic E-state index is 13.2. The van der Waals surface area contributed by atoms with Crippen molar-refractivity contribution >= 4 is 5.78 Å². The molecule has 1 aromatic carbocycles. The standard InChI is InChI=1S/C23H26N2O4/c1-13-8-7-11-19(14(13)2)29-16(4)21(26)20-15(3)18(12-24)22(27)25(23(20)28)17-9-5-6-10-17/h7-8,11,16-17,28H,5-6,9-10H2,1-4H3. The maximum Gasteiger partial charge on any atom is 0.271 e. The quantitative estimate of drug-likeness (QED) is 0.770. The first-order valence-corrected chi connectivity index (χ1v) is 9.93. The summed E-state index contributed by atoms with van der Waals surface area (Å²) in [5.41, 5.74) is 1.53. The molecule has 29 heavy (non-hydrogen) atoms. The van der Waals surface area contributed by atoms with Crippen LogP contribution in [0.3, 0.4) is 0 Å². The second-order valence-electron chi connectivity index (χ2n) is 7.75. The maximum absolute atomic E-state index is 13.2. The highest BCUT2D eigenvalue weighted by Crippen LogP contribution is 2.34. The largest absolute Gasteiger partial charge is 0.494 e. The zero-order valence-electron chi connectivity index (χ0n) is 17.3. The van der Waals surface area contributed by atoms with Gasteiger partial charge in [0.1, 0.15) is 17.4 Å². The monoisotopic (exact) mass is 394 g/mol. The summed E-state index contributed by atoms with van der Waals surface area (Å²) in [5.74, 6) is -0.225. The molecule has 0 spiro atoms. The Morgan fingerprint density at radius 3 is 2.52 bits per heavy atom. The van der Waals surface area contributed by atoms with Crippen molar-refractivity contribution in [2.45, 2.75) is 65.5 Å². The summed E-state index contributed by atoms with van der Waals surface area (Å²) in [4.78, 5) is 26.0. The van der Waals surface area contributed by atoms with Crippen LogP contribution < -0.4 is 10.3 Å². The van der Waals surface area contributed by atoms with Gasteiger partial charge in [0.15, 0.2) is 6.10 Å². The van der Waals surface area contributed by atoms with Crippen molar-refractivity contribution in [3.05, 3.63) is 56.4 Å². The number of ketones is 1. The molecule has 2 aromatic rings. The van der Waals surface area contributed by atoms with Crippen molar-refractivity contribution in [1.82, 2.24) is 4.57 Å². The average molecular weight is 394 g/mol. The van der Waals surface area contributed by atoms with Crippen LogP contribution in [0.25, 0.3) is 0 Å². The number of Topliss-reactive ketones (excluding diaryl/α,β-unsaturated/α-hetero) is 1. The van der Waals surface area contributed by atoms with Gasteiger partial charge in [-0.2, -0.15) is 5.26 Å². The number of aromatic nitrogens is 1. The molecular formula is C23H26N2O4. The fourth-order valence-electron chi connectivity index (χ4n) is 4.02. The number of hydrogen-bond donors (Lipinski definition) is 1. The fraction of sp³-hybridized carbons (Fsp3) is 0.435. The van der Waals surface area contributed by atoms with Crippen LogP contribution >= 0.6 is 0 Å². The molecule has 152 valence electrons. The third kappa shape index (κ3) is 3.65. The van der Waals surface area contributed by atoms with Crippen LogP contribution in [0.5, 0.6) is 11.6 Å². The van der Waals surface area contributed by atoms with Crippen LogP contribution in [-0.2, 0) is 0 Å². The van der Waals surface area contributed by atoms with E-state index in [4.69, 9.17) is 4.74 Å². The van der Waals surface area contributed by atoms with Crippen molar-refractivity contribution in [2.75, 3.05) is 0 Å². The Balaban J connectivity index is 2.06. The molecule has 1 aromatic heterocycles. The van der Waals surface area contributed by atoms with Gasteiger partial charge >= 0.3 is 0 Å². The molecule has 1 aliphatic rings. The van der Waals surface area contributed by atoms with Gasteiger partial charge in [-0.1, -0.05) is 25.0 Å². The van der Waals surface area contributed by atoms with Crippen LogP contribution in [0, 0.1) is 32.1 Å². The van der Waals surface area contributed by atoms with E-state index in [0.717, 1.165) is 36.8 Å². The minimum atomic E-state index is -0.888. The van der Waals surface area contributed by atoms with Crippen molar-refractivity contribution in [3.63, 3.8) is 0 Å². The van der Waals surface area contributed by atoms with E-state index in [1.54, 1.807) is 13.0 Å². The van der Waals surface area contributed by atoms with Gasteiger partial charge in [-0.3, -0.25) is 14.2 Å². The van der Waals surface area contributed by atoms with Crippen LogP contribution in [0.2, 0.25) is 0 Å². The van der Waals surface area contributed by atoms with E-state index in [0.29, 0.717) is 5.75 Å². The molecule has 0 saturated heterocycles. The van der Waals surface area contributed by atoms with E-state index in [9.17, 15) is 20.0 Å². The predicted octanol–water partition coefficient (Wildman–Crippen LogP) is 4.12. The number of carbonyl (C=O) groups excluding carboxylic acids is 1. The Kier molecular flexibility index (Phi) is 5.78. The van der Waals surface area contributed by atoms with E-state index in [1.165, 1.54) is 11.5 Å². The number of benzene rings is 1. The highest BCUT2D eigenvalue weighted by atomic mass is 16.5. The fourth-order valence-corrected chi connectivity index (χ4v) is 4.02. The first-order chi connectivity index (χ1) is 13.8. The Hall–Kier alpha value is -3.07. The normalized spacial score (nSPS) is 15.1. The van der Waals surface area contributed by atoms with Crippen molar-refractivity contribution in [2.24, 2.45) is 0 Å². The Morgan fingerprint density at radius 2 is 1.90 bits per heavy atom. The Bertz CT molecular complexity index is 1060. The van der Waals surface area contributed by atoms with Crippen molar-refractivity contribution in [3.8, 4) is 17.7 Å². The minimum absolute atomic E-state index is 0.00847. The summed E-state index contributed by atoms with van der Waals surface area (Å²) in [7, 11) is 0. The summed E-state index contributed by atoms with van der Waals surface area (Å²) in [6, 6.07) is 7.32. The third-order valence-electron chi connectivity index (χ3n) is 5.91. The van der Waals surface area contributed by atoms with E-state index in [-0.39, 0.29) is 28.6 Å². The number of pyridine rings is 1. The lowest BCUT2D eigenvalue weighted by atomic mass is 9.98. The first-order valence-electron chi connectivity index (χ1n) is 9.93. The summed E-state index contributed by atoms with van der Waals surface area (Å²) in [6.45, 7) is 7.01. The smallest absolute Gasteiger partial charge is 0.271 e. The van der Waals surface area contributed by atoms with Gasteiger partial charge in [-0.15, -0.1) is 0 Å². The number of ether oxygens (including phenoxy) is 1. The first kappa shape index (κ1) is 20.7. The molecule has 0 radical (unpaired) electrons. The van der Waals surface area contributed by atoms with Crippen LogP contribution in [0.15, 0.2) is 23.0 Å². The Morgan fingerprint density at radius 1 is 1.24 bits per heavy atom. The molecule has 1 unspecified atom stereocenters. The molecule has 1 heterocycles. The molecule has 6 nitrogen and oxygen atoms in total. The molecule has 0 amide bonds. The van der Waals surface area contributed by atoms with Crippen molar-refractivity contribution in [1.29, 1.82) is 5.26 Å². The van der Waals surface area contributed by atoms with Gasteiger partial charge in [0.2, 0.25) is 11.7 Å². The van der Waals surface area contributed by atoms with E-state index in [1.807, 2.05) is 32.0 Å². The number of hydrogen-bond acceptors (Lipinski definition) is 5. The summed E-state index contributed by atoms with van der Waals surface area (Å²) >= 11 is 0. The number of nitriles is 1. The van der Waals surface area contributed by atoms with Crippen molar-refractivity contribution < 1.29 is 14.6 Å². The second kappa shape index (κ2) is 8.12. The third-order valence-corrected chi connectivity index (χ3v) is 5.91. The molecular weight excluding hydrogens is 368 g/mol. The number of carbonyl (C=O) groups is 1. The van der Waals surface area contributed by atoms with Gasteiger partial charge < -0.3 is 9.84 Å². The minimum Gasteiger partial charge on any atom is -0.494 e. The van der Waals surface area contributed by atoms with Crippen LogP contribution in [0.4, 0.5) is 0 Å². The SMILES string of the molecule is Cc1cccc(OC(C)C(=O)c2c(C)c(C#N)c(=O)n(C3CCCC3)c2O)c1C. The molecule has 1 N–H and O–H groups in total. The zero-order valence-corrected chi connectivity index (χ0v) is 17.3. The molecule has 0 aliphatic heterocycles. The van der Waals surface area contributed by atoms with Gasteiger partial charge in [0, 0.05) is 6.04 Å².